The van der Waals surface area contributed by atoms with Crippen LogP contribution in [-0.4, -0.2) is 44.9 Å². The summed E-state index contributed by atoms with van der Waals surface area (Å²) in [6, 6.07) is 5.67. The van der Waals surface area contributed by atoms with Gasteiger partial charge in [0, 0.05) is 19.6 Å². The van der Waals surface area contributed by atoms with Crippen LogP contribution in [0, 0.1) is 0 Å². The lowest BCUT2D eigenvalue weighted by atomic mass is 10.2. The van der Waals surface area contributed by atoms with Gasteiger partial charge in [-0.2, -0.15) is 0 Å². The van der Waals surface area contributed by atoms with Crippen molar-refractivity contribution in [1.29, 1.82) is 0 Å². The van der Waals surface area contributed by atoms with Gasteiger partial charge in [0.1, 0.15) is 11.3 Å². The van der Waals surface area contributed by atoms with E-state index < -0.39 is 0 Å². The largest absolute Gasteiger partial charge is 0.376 e. The van der Waals surface area contributed by atoms with Gasteiger partial charge in [0.2, 0.25) is 5.82 Å². The van der Waals surface area contributed by atoms with Crippen LogP contribution < -0.4 is 4.90 Å². The first kappa shape index (κ1) is 17.1. The lowest BCUT2D eigenvalue weighted by molar-refractivity contribution is 0.0905. The van der Waals surface area contributed by atoms with E-state index in [0.29, 0.717) is 22.5 Å². The Balaban J connectivity index is 1.55. The molecule has 0 radical (unpaired) electrons. The highest BCUT2D eigenvalue weighted by Crippen LogP contribution is 2.34. The fourth-order valence-electron chi connectivity index (χ4n) is 3.69. The van der Waals surface area contributed by atoms with Crippen molar-refractivity contribution < 1.29 is 9.53 Å². The summed E-state index contributed by atoms with van der Waals surface area (Å²) in [5, 5.41) is 9.55. The van der Waals surface area contributed by atoms with Gasteiger partial charge in [-0.15, -0.1) is 10.2 Å². The van der Waals surface area contributed by atoms with Gasteiger partial charge in [0.05, 0.1) is 22.4 Å². The molecule has 2 aliphatic rings. The first-order valence-electron chi connectivity index (χ1n) is 9.11. The van der Waals surface area contributed by atoms with Crippen molar-refractivity contribution >= 4 is 44.2 Å². The minimum absolute atomic E-state index is 0.0115. The van der Waals surface area contributed by atoms with E-state index in [1.165, 1.54) is 11.3 Å². The molecular formula is C18H18ClN5O2S. The second kappa shape index (κ2) is 6.85. The zero-order valence-electron chi connectivity index (χ0n) is 14.6. The summed E-state index contributed by atoms with van der Waals surface area (Å²) < 4.78 is 8.65. The minimum Gasteiger partial charge on any atom is -0.376 e. The van der Waals surface area contributed by atoms with Crippen molar-refractivity contribution in [3.05, 3.63) is 34.9 Å². The van der Waals surface area contributed by atoms with Crippen LogP contribution in [0.3, 0.4) is 0 Å². The van der Waals surface area contributed by atoms with E-state index in [4.69, 9.17) is 16.3 Å². The quantitative estimate of drug-likeness (QED) is 0.668. The molecule has 1 saturated heterocycles. The number of rotatable bonds is 4. The molecule has 140 valence electrons. The molecule has 0 bridgehead atoms. The second-order valence-electron chi connectivity index (χ2n) is 6.83. The van der Waals surface area contributed by atoms with E-state index in [1.54, 1.807) is 4.90 Å². The number of hydrogen-bond donors (Lipinski definition) is 0. The number of carbonyl (C=O) groups is 1. The van der Waals surface area contributed by atoms with Crippen LogP contribution >= 0.6 is 22.9 Å². The van der Waals surface area contributed by atoms with Crippen molar-refractivity contribution in [1.82, 2.24) is 19.7 Å². The van der Waals surface area contributed by atoms with E-state index in [0.717, 1.165) is 54.9 Å². The number of anilines is 1. The summed E-state index contributed by atoms with van der Waals surface area (Å²) in [6.45, 7) is 1.97. The molecule has 1 amide bonds. The van der Waals surface area contributed by atoms with E-state index in [-0.39, 0.29) is 12.0 Å². The maximum absolute atomic E-state index is 13.4. The molecule has 1 fully saturated rings. The molecule has 0 N–H and O–H groups in total. The number of nitrogens with zero attached hydrogens (tertiary/aromatic N) is 5. The van der Waals surface area contributed by atoms with Gasteiger partial charge in [-0.3, -0.25) is 9.69 Å². The molecule has 9 heteroatoms. The van der Waals surface area contributed by atoms with E-state index >= 15 is 0 Å². The molecule has 0 aliphatic carbocycles. The monoisotopic (exact) mass is 403 g/mol. The van der Waals surface area contributed by atoms with Gasteiger partial charge in [0.25, 0.3) is 5.91 Å². The predicted octanol–water partition coefficient (Wildman–Crippen LogP) is 3.31. The molecule has 0 spiro atoms. The number of fused-ring (bicyclic) bond motifs is 2. The second-order valence-corrected chi connectivity index (χ2v) is 8.25. The first-order valence-corrected chi connectivity index (χ1v) is 10.3. The molecule has 2 aromatic heterocycles. The summed E-state index contributed by atoms with van der Waals surface area (Å²) in [5.41, 5.74) is 0.718. The summed E-state index contributed by atoms with van der Waals surface area (Å²) in [5.74, 6) is 1.08. The van der Waals surface area contributed by atoms with Crippen LogP contribution in [0.15, 0.2) is 18.2 Å². The molecular weight excluding hydrogens is 386 g/mol. The number of benzene rings is 1. The molecule has 7 nitrogen and oxygen atoms in total. The van der Waals surface area contributed by atoms with Gasteiger partial charge in [-0.05, 0) is 31.4 Å². The highest BCUT2D eigenvalue weighted by molar-refractivity contribution is 7.22. The van der Waals surface area contributed by atoms with Crippen LogP contribution in [0.25, 0.3) is 10.2 Å². The van der Waals surface area contributed by atoms with Gasteiger partial charge >= 0.3 is 0 Å². The standard InChI is InChI=1S/C18H18ClN5O2S/c19-12-5-1-6-13-15(12)20-18(27-13)24(10-11-4-3-9-26-11)17(25)16-22-21-14-7-2-8-23(14)16/h1,5-6,11H,2-4,7-10H2. The van der Waals surface area contributed by atoms with Crippen molar-refractivity contribution in [2.75, 3.05) is 18.1 Å². The van der Waals surface area contributed by atoms with Gasteiger partial charge in [-0.25, -0.2) is 4.98 Å². The number of carbonyl (C=O) groups excluding carboxylic acids is 1. The normalized spacial score (nSPS) is 18.9. The Morgan fingerprint density at radius 2 is 2.30 bits per heavy atom. The number of halogens is 1. The average Bonchev–Trinajstić information content (AvgIpc) is 3.42. The smallest absolute Gasteiger partial charge is 0.298 e. The topological polar surface area (TPSA) is 73.1 Å². The molecule has 0 saturated carbocycles. The Hall–Kier alpha value is -2.03. The highest BCUT2D eigenvalue weighted by Gasteiger charge is 2.31. The Bertz CT molecular complexity index is 1010. The fourth-order valence-corrected chi connectivity index (χ4v) is 4.96. The maximum atomic E-state index is 13.4. The number of thiazole rings is 1. The average molecular weight is 404 g/mol. The van der Waals surface area contributed by atoms with Crippen LogP contribution in [0.1, 0.15) is 35.7 Å². The Morgan fingerprint density at radius 1 is 1.37 bits per heavy atom. The lowest BCUT2D eigenvalue weighted by Crippen LogP contribution is -2.38. The van der Waals surface area contributed by atoms with E-state index in [2.05, 4.69) is 15.2 Å². The minimum atomic E-state index is -0.179. The van der Waals surface area contributed by atoms with Gasteiger partial charge < -0.3 is 9.30 Å². The summed E-state index contributed by atoms with van der Waals surface area (Å²) in [6.07, 6.45) is 3.82. The molecule has 27 heavy (non-hydrogen) atoms. The van der Waals surface area contributed by atoms with Crippen LogP contribution in [-0.2, 0) is 17.7 Å². The maximum Gasteiger partial charge on any atom is 0.298 e. The molecule has 1 aromatic carbocycles. The van der Waals surface area contributed by atoms with Crippen LogP contribution in [0.2, 0.25) is 5.02 Å². The molecule has 1 atom stereocenters. The number of amides is 1. The number of ether oxygens (including phenoxy) is 1. The summed E-state index contributed by atoms with van der Waals surface area (Å²) in [4.78, 5) is 19.7. The third-order valence-corrected chi connectivity index (χ3v) is 6.39. The third kappa shape index (κ3) is 3.01. The molecule has 1 unspecified atom stereocenters. The summed E-state index contributed by atoms with van der Waals surface area (Å²) in [7, 11) is 0. The van der Waals surface area contributed by atoms with Crippen LogP contribution in [0.5, 0.6) is 0 Å². The van der Waals surface area contributed by atoms with Crippen molar-refractivity contribution in [2.45, 2.75) is 38.3 Å². The van der Waals surface area contributed by atoms with Crippen LogP contribution in [0.4, 0.5) is 5.13 Å². The Kier molecular flexibility index (Phi) is 4.34. The van der Waals surface area contributed by atoms with Crippen molar-refractivity contribution in [3.8, 4) is 0 Å². The Morgan fingerprint density at radius 3 is 3.11 bits per heavy atom. The first-order chi connectivity index (χ1) is 13.2. The number of aromatic nitrogens is 4. The number of para-hydroxylation sites is 1. The SMILES string of the molecule is O=C(c1nnc2n1CCC2)N(CC1CCCO1)c1nc2c(Cl)cccc2s1. The zero-order chi connectivity index (χ0) is 18.4. The van der Waals surface area contributed by atoms with E-state index in [9.17, 15) is 4.79 Å². The molecule has 3 aromatic rings. The van der Waals surface area contributed by atoms with Crippen molar-refractivity contribution in [3.63, 3.8) is 0 Å². The summed E-state index contributed by atoms with van der Waals surface area (Å²) >= 11 is 7.75. The molecule has 5 rings (SSSR count). The van der Waals surface area contributed by atoms with Gasteiger partial charge in [0.15, 0.2) is 5.13 Å². The predicted molar refractivity (Wildman–Crippen MR) is 104 cm³/mol. The number of hydrogen-bond acceptors (Lipinski definition) is 6. The zero-order valence-corrected chi connectivity index (χ0v) is 16.2. The highest BCUT2D eigenvalue weighted by atomic mass is 35.5. The van der Waals surface area contributed by atoms with E-state index in [1.807, 2.05) is 22.8 Å². The molecule has 2 aliphatic heterocycles. The lowest BCUT2D eigenvalue weighted by Gasteiger charge is -2.22. The molecule has 4 heterocycles. The number of aryl methyl sites for hydroxylation is 1. The third-order valence-electron chi connectivity index (χ3n) is 5.05. The van der Waals surface area contributed by atoms with Gasteiger partial charge in [-0.1, -0.05) is 29.0 Å². The Labute approximate surface area is 164 Å². The van der Waals surface area contributed by atoms with Crippen molar-refractivity contribution in [2.24, 2.45) is 0 Å². The fraction of sp³-hybridized carbons (Fsp3) is 0.444.